The van der Waals surface area contributed by atoms with E-state index in [0.29, 0.717) is 6.61 Å². The summed E-state index contributed by atoms with van der Waals surface area (Å²) in [6.45, 7) is 11.5. The Balaban J connectivity index is 1.80. The van der Waals surface area contributed by atoms with Crippen LogP contribution in [-0.2, 0) is 11.2 Å². The molecular weight excluding hydrogens is 300 g/mol. The predicted molar refractivity (Wildman–Crippen MR) is 99.0 cm³/mol. The van der Waals surface area contributed by atoms with Crippen LogP contribution in [-0.4, -0.2) is 25.9 Å². The maximum absolute atomic E-state index is 5.85. The standard InChI is InChI=1S/C21H32O3/c1-15(7-10-20(22-6)21(3,4)5)11-12-23-18-9-8-17-13-16(2)24-19(17)14-18/h8-9,11,14,16,20H,7,10,12-13H2,1-6H3/b15-11+. The van der Waals surface area contributed by atoms with Crippen LogP contribution in [0.5, 0.6) is 11.5 Å². The minimum atomic E-state index is 0.174. The maximum Gasteiger partial charge on any atom is 0.126 e. The van der Waals surface area contributed by atoms with Crippen molar-refractivity contribution in [1.29, 1.82) is 0 Å². The van der Waals surface area contributed by atoms with Gasteiger partial charge in [-0.15, -0.1) is 0 Å². The lowest BCUT2D eigenvalue weighted by Crippen LogP contribution is -2.28. The monoisotopic (exact) mass is 332 g/mol. The molecule has 1 aliphatic rings. The van der Waals surface area contributed by atoms with Crippen LogP contribution >= 0.6 is 0 Å². The van der Waals surface area contributed by atoms with Gasteiger partial charge in [0.2, 0.25) is 0 Å². The van der Waals surface area contributed by atoms with E-state index < -0.39 is 0 Å². The van der Waals surface area contributed by atoms with Crippen molar-refractivity contribution >= 4 is 0 Å². The highest BCUT2D eigenvalue weighted by atomic mass is 16.5. The van der Waals surface area contributed by atoms with E-state index in [1.807, 2.05) is 12.1 Å². The smallest absolute Gasteiger partial charge is 0.126 e. The van der Waals surface area contributed by atoms with Crippen LogP contribution in [0.25, 0.3) is 0 Å². The molecule has 1 aromatic rings. The topological polar surface area (TPSA) is 27.7 Å². The molecule has 0 aliphatic carbocycles. The van der Waals surface area contributed by atoms with Crippen molar-refractivity contribution in [3.8, 4) is 11.5 Å². The number of hydrogen-bond acceptors (Lipinski definition) is 3. The van der Waals surface area contributed by atoms with Crippen LogP contribution < -0.4 is 9.47 Å². The summed E-state index contributed by atoms with van der Waals surface area (Å²) in [5.74, 6) is 1.84. The molecule has 24 heavy (non-hydrogen) atoms. The largest absolute Gasteiger partial charge is 0.490 e. The second-order valence-electron chi connectivity index (χ2n) is 7.89. The number of methoxy groups -OCH3 is 1. The zero-order chi connectivity index (χ0) is 17.7. The molecule has 3 heteroatoms. The van der Waals surface area contributed by atoms with Gasteiger partial charge in [-0.05, 0) is 49.8 Å². The lowest BCUT2D eigenvalue weighted by molar-refractivity contribution is 0.0110. The molecule has 1 aromatic carbocycles. The molecule has 0 N–H and O–H groups in total. The van der Waals surface area contributed by atoms with Gasteiger partial charge in [-0.2, -0.15) is 0 Å². The Bertz CT molecular complexity index is 569. The molecule has 2 atom stereocenters. The van der Waals surface area contributed by atoms with Gasteiger partial charge < -0.3 is 14.2 Å². The van der Waals surface area contributed by atoms with Gasteiger partial charge in [-0.3, -0.25) is 0 Å². The van der Waals surface area contributed by atoms with E-state index in [-0.39, 0.29) is 17.6 Å². The third-order valence-electron chi connectivity index (χ3n) is 4.61. The van der Waals surface area contributed by atoms with Crippen LogP contribution in [0.4, 0.5) is 0 Å². The number of rotatable bonds is 7. The molecule has 0 bridgehead atoms. The second-order valence-corrected chi connectivity index (χ2v) is 7.89. The van der Waals surface area contributed by atoms with E-state index in [9.17, 15) is 0 Å². The Morgan fingerprint density at radius 2 is 2.12 bits per heavy atom. The van der Waals surface area contributed by atoms with Crippen LogP contribution in [0, 0.1) is 5.41 Å². The van der Waals surface area contributed by atoms with Gasteiger partial charge in [0.05, 0.1) is 6.10 Å². The van der Waals surface area contributed by atoms with Crippen molar-refractivity contribution < 1.29 is 14.2 Å². The van der Waals surface area contributed by atoms with Gasteiger partial charge in [0, 0.05) is 19.6 Å². The predicted octanol–water partition coefficient (Wildman–Crippen LogP) is 5.18. The first-order valence-corrected chi connectivity index (χ1v) is 8.90. The molecule has 0 saturated carbocycles. The van der Waals surface area contributed by atoms with Gasteiger partial charge in [-0.25, -0.2) is 0 Å². The van der Waals surface area contributed by atoms with Crippen molar-refractivity contribution in [3.05, 3.63) is 35.4 Å². The fraction of sp³-hybridized carbons (Fsp3) is 0.619. The quantitative estimate of drug-likeness (QED) is 0.644. The number of ether oxygens (including phenoxy) is 3. The van der Waals surface area contributed by atoms with Crippen LogP contribution in [0.3, 0.4) is 0 Å². The zero-order valence-electron chi connectivity index (χ0n) is 16.0. The SMILES string of the molecule is COC(CC/C(C)=C/COc1ccc2c(c1)OC(C)C2)C(C)(C)C. The van der Waals surface area contributed by atoms with Gasteiger partial charge in [0.15, 0.2) is 0 Å². The molecular formula is C21H32O3. The highest BCUT2D eigenvalue weighted by molar-refractivity contribution is 5.43. The van der Waals surface area contributed by atoms with Crippen molar-refractivity contribution in [2.24, 2.45) is 5.41 Å². The average molecular weight is 332 g/mol. The molecule has 0 fully saturated rings. The summed E-state index contributed by atoms with van der Waals surface area (Å²) in [5.41, 5.74) is 2.79. The summed E-state index contributed by atoms with van der Waals surface area (Å²) in [6.07, 6.45) is 5.76. The lowest BCUT2D eigenvalue weighted by atomic mass is 9.85. The molecule has 134 valence electrons. The first kappa shape index (κ1) is 18.9. The number of fused-ring (bicyclic) bond motifs is 1. The van der Waals surface area contributed by atoms with E-state index in [4.69, 9.17) is 14.2 Å². The summed E-state index contributed by atoms with van der Waals surface area (Å²) in [6, 6.07) is 6.14. The fourth-order valence-corrected chi connectivity index (χ4v) is 3.12. The summed E-state index contributed by atoms with van der Waals surface area (Å²) in [4.78, 5) is 0. The van der Waals surface area contributed by atoms with Crippen molar-refractivity contribution in [2.45, 2.75) is 66.1 Å². The van der Waals surface area contributed by atoms with E-state index in [1.54, 1.807) is 7.11 Å². The van der Waals surface area contributed by atoms with E-state index in [1.165, 1.54) is 11.1 Å². The number of allylic oxidation sites excluding steroid dienone is 1. The van der Waals surface area contributed by atoms with Crippen LogP contribution in [0.1, 0.15) is 53.0 Å². The highest BCUT2D eigenvalue weighted by Gasteiger charge is 2.23. The minimum absolute atomic E-state index is 0.174. The molecule has 0 saturated heterocycles. The van der Waals surface area contributed by atoms with Gasteiger partial charge in [-0.1, -0.05) is 32.4 Å². The van der Waals surface area contributed by atoms with Crippen molar-refractivity contribution in [1.82, 2.24) is 0 Å². The third kappa shape index (κ3) is 5.27. The molecule has 3 nitrogen and oxygen atoms in total. The Kier molecular flexibility index (Phi) is 6.34. The van der Waals surface area contributed by atoms with E-state index in [0.717, 1.165) is 30.8 Å². The van der Waals surface area contributed by atoms with Crippen LogP contribution in [0.15, 0.2) is 29.8 Å². The van der Waals surface area contributed by atoms with Gasteiger partial charge in [0.1, 0.15) is 24.2 Å². The Morgan fingerprint density at radius 3 is 2.79 bits per heavy atom. The van der Waals surface area contributed by atoms with E-state index >= 15 is 0 Å². The summed E-state index contributed by atoms with van der Waals surface area (Å²) in [5, 5.41) is 0. The fourth-order valence-electron chi connectivity index (χ4n) is 3.12. The van der Waals surface area contributed by atoms with Crippen molar-refractivity contribution in [2.75, 3.05) is 13.7 Å². The first-order chi connectivity index (χ1) is 11.3. The number of benzene rings is 1. The number of hydrogen-bond donors (Lipinski definition) is 0. The molecule has 1 heterocycles. The average Bonchev–Trinajstić information content (AvgIpc) is 2.85. The molecule has 0 radical (unpaired) electrons. The molecule has 0 amide bonds. The Labute approximate surface area is 147 Å². The molecule has 1 aliphatic heterocycles. The summed E-state index contributed by atoms with van der Waals surface area (Å²) >= 11 is 0. The second kappa shape index (κ2) is 8.06. The summed E-state index contributed by atoms with van der Waals surface area (Å²) in [7, 11) is 1.80. The molecule has 0 aromatic heterocycles. The van der Waals surface area contributed by atoms with Gasteiger partial charge >= 0.3 is 0 Å². The molecule has 2 rings (SSSR count). The van der Waals surface area contributed by atoms with Gasteiger partial charge in [0.25, 0.3) is 0 Å². The third-order valence-corrected chi connectivity index (χ3v) is 4.61. The van der Waals surface area contributed by atoms with E-state index in [2.05, 4.69) is 46.8 Å². The van der Waals surface area contributed by atoms with Crippen molar-refractivity contribution in [3.63, 3.8) is 0 Å². The molecule has 0 spiro atoms. The maximum atomic E-state index is 5.85. The highest BCUT2D eigenvalue weighted by Crippen LogP contribution is 2.32. The summed E-state index contributed by atoms with van der Waals surface area (Å²) < 4.78 is 17.2. The zero-order valence-corrected chi connectivity index (χ0v) is 16.0. The minimum Gasteiger partial charge on any atom is -0.490 e. The lowest BCUT2D eigenvalue weighted by Gasteiger charge is -2.29. The first-order valence-electron chi connectivity index (χ1n) is 8.90. The normalized spacial score (nSPS) is 18.9. The van der Waals surface area contributed by atoms with Crippen LogP contribution in [0.2, 0.25) is 0 Å². The molecule has 2 unspecified atom stereocenters. The Hall–Kier alpha value is -1.48. The Morgan fingerprint density at radius 1 is 1.38 bits per heavy atom.